The minimum absolute atomic E-state index is 0.00273. The fraction of sp³-hybridized carbons (Fsp3) is 0.125. The Morgan fingerprint density at radius 1 is 1.40 bits per heavy atom. The van der Waals surface area contributed by atoms with Gasteiger partial charge in [0.1, 0.15) is 5.82 Å². The molecule has 0 saturated heterocycles. The maximum atomic E-state index is 12.8. The van der Waals surface area contributed by atoms with Gasteiger partial charge >= 0.3 is 0 Å². The van der Waals surface area contributed by atoms with Crippen molar-refractivity contribution < 1.29 is 24.0 Å². The van der Waals surface area contributed by atoms with Gasteiger partial charge in [-0.2, -0.15) is 5.10 Å². The maximum Gasteiger partial charge on any atom is 0.274 e. The molecule has 0 heterocycles. The number of rotatable bonds is 6. The Morgan fingerprint density at radius 3 is 2.68 bits per heavy atom. The smallest absolute Gasteiger partial charge is 0.274 e. The van der Waals surface area contributed by atoms with Crippen molar-refractivity contribution in [1.82, 2.24) is 5.43 Å². The summed E-state index contributed by atoms with van der Waals surface area (Å²) in [5.74, 6) is -1.49. The fourth-order valence-electron chi connectivity index (χ4n) is 1.91. The fourth-order valence-corrected chi connectivity index (χ4v) is 1.91. The number of non-ortho nitro benzene ring substituents is 1. The number of halogens is 1. The van der Waals surface area contributed by atoms with Crippen LogP contribution in [0, 0.1) is 15.9 Å². The van der Waals surface area contributed by atoms with E-state index >= 15 is 0 Å². The van der Waals surface area contributed by atoms with Crippen LogP contribution in [0.2, 0.25) is 0 Å². The zero-order valence-electron chi connectivity index (χ0n) is 13.1. The van der Waals surface area contributed by atoms with E-state index in [1.807, 2.05) is 0 Å². The highest BCUT2D eigenvalue weighted by molar-refractivity contribution is 5.95. The second kappa shape index (κ2) is 7.86. The second-order valence-electron chi connectivity index (χ2n) is 4.78. The minimum atomic E-state index is -0.642. The van der Waals surface area contributed by atoms with Crippen molar-refractivity contribution in [3.05, 3.63) is 63.5 Å². The number of nitrogens with one attached hydrogen (secondary N) is 1. The Balaban J connectivity index is 2.20. The van der Waals surface area contributed by atoms with E-state index < -0.39 is 16.6 Å². The van der Waals surface area contributed by atoms with Gasteiger partial charge in [-0.15, -0.1) is 0 Å². The lowest BCUT2D eigenvalue weighted by atomic mass is 10.1. The molecule has 9 heteroatoms. The van der Waals surface area contributed by atoms with E-state index in [0.717, 1.165) is 30.5 Å². The molecule has 2 rings (SSSR count). The van der Waals surface area contributed by atoms with E-state index in [1.54, 1.807) is 6.92 Å². The molecule has 0 spiro atoms. The molecule has 0 unspecified atom stereocenters. The summed E-state index contributed by atoms with van der Waals surface area (Å²) in [6, 6.07) is 6.98. The number of benzene rings is 2. The molecule has 0 atom stereocenters. The van der Waals surface area contributed by atoms with Gasteiger partial charge in [-0.3, -0.25) is 14.9 Å². The number of carbonyl (C=O) groups excluding carboxylic acids is 1. The van der Waals surface area contributed by atoms with E-state index in [4.69, 9.17) is 4.74 Å². The predicted molar refractivity (Wildman–Crippen MR) is 87.4 cm³/mol. The number of phenolic OH excluding ortho intramolecular Hbond substituents is 1. The standard InChI is InChI=1S/C16H14FN3O5/c1-2-25-14-8-13(20(23)24)7-11(15(14)21)9-18-19-16(22)10-3-5-12(17)6-4-10/h3-9,21H,2H2,1H3,(H,19,22). The molecule has 1 amide bonds. The second-order valence-corrected chi connectivity index (χ2v) is 4.78. The molecule has 0 aliphatic heterocycles. The lowest BCUT2D eigenvalue weighted by Crippen LogP contribution is -2.17. The average Bonchev–Trinajstić information content (AvgIpc) is 2.58. The maximum absolute atomic E-state index is 12.8. The quantitative estimate of drug-likeness (QED) is 0.473. The molecule has 0 bridgehead atoms. The van der Waals surface area contributed by atoms with Gasteiger partial charge in [-0.05, 0) is 31.2 Å². The van der Waals surface area contributed by atoms with Crippen molar-refractivity contribution in [3.8, 4) is 11.5 Å². The third kappa shape index (κ3) is 4.50. The predicted octanol–water partition coefficient (Wildman–Crippen LogP) is 2.60. The highest BCUT2D eigenvalue weighted by Gasteiger charge is 2.16. The molecule has 8 nitrogen and oxygen atoms in total. The topological polar surface area (TPSA) is 114 Å². The summed E-state index contributed by atoms with van der Waals surface area (Å²) in [7, 11) is 0. The van der Waals surface area contributed by atoms with Crippen LogP contribution in [0.4, 0.5) is 10.1 Å². The number of carbonyl (C=O) groups is 1. The number of hydrazone groups is 1. The molecule has 130 valence electrons. The van der Waals surface area contributed by atoms with Crippen LogP contribution in [0.25, 0.3) is 0 Å². The molecule has 2 aromatic carbocycles. The van der Waals surface area contributed by atoms with Crippen molar-refractivity contribution in [2.45, 2.75) is 6.92 Å². The van der Waals surface area contributed by atoms with Crippen LogP contribution < -0.4 is 10.2 Å². The van der Waals surface area contributed by atoms with Gasteiger partial charge < -0.3 is 9.84 Å². The average molecular weight is 347 g/mol. The molecule has 0 aliphatic rings. The molecule has 0 aliphatic carbocycles. The molecule has 0 saturated carbocycles. The lowest BCUT2D eigenvalue weighted by Gasteiger charge is -2.08. The van der Waals surface area contributed by atoms with Crippen LogP contribution in [-0.2, 0) is 0 Å². The van der Waals surface area contributed by atoms with Gasteiger partial charge in [0.2, 0.25) is 0 Å². The molecule has 2 N–H and O–H groups in total. The van der Waals surface area contributed by atoms with Gasteiger partial charge in [0.05, 0.1) is 23.8 Å². The normalized spacial score (nSPS) is 10.6. The van der Waals surface area contributed by atoms with Crippen LogP contribution in [0.3, 0.4) is 0 Å². The SMILES string of the molecule is CCOc1cc([N+](=O)[O-])cc(C=NNC(=O)c2ccc(F)cc2)c1O. The van der Waals surface area contributed by atoms with E-state index in [9.17, 15) is 24.4 Å². The first-order chi connectivity index (χ1) is 11.9. The number of phenols is 1. The van der Waals surface area contributed by atoms with Crippen molar-refractivity contribution in [2.24, 2.45) is 5.10 Å². The summed E-state index contributed by atoms with van der Waals surface area (Å²) in [6.45, 7) is 1.86. The number of hydrogen-bond acceptors (Lipinski definition) is 6. The van der Waals surface area contributed by atoms with Crippen LogP contribution in [-0.4, -0.2) is 28.8 Å². The first-order valence-corrected chi connectivity index (χ1v) is 7.15. The van der Waals surface area contributed by atoms with Gasteiger partial charge in [0, 0.05) is 17.2 Å². The van der Waals surface area contributed by atoms with Crippen LogP contribution >= 0.6 is 0 Å². The Labute approximate surface area is 141 Å². The Bertz CT molecular complexity index is 821. The van der Waals surface area contributed by atoms with Gasteiger partial charge in [-0.25, -0.2) is 9.82 Å². The summed E-state index contributed by atoms with van der Waals surface area (Å²) in [4.78, 5) is 22.1. The number of amides is 1. The molecule has 2 aromatic rings. The first kappa shape index (κ1) is 17.9. The van der Waals surface area contributed by atoms with Crippen molar-refractivity contribution >= 4 is 17.8 Å². The summed E-state index contributed by atoms with van der Waals surface area (Å²) >= 11 is 0. The summed E-state index contributed by atoms with van der Waals surface area (Å²) in [5, 5.41) is 24.6. The summed E-state index contributed by atoms with van der Waals surface area (Å²) in [6.07, 6.45) is 1.05. The monoisotopic (exact) mass is 347 g/mol. The zero-order valence-corrected chi connectivity index (χ0v) is 13.1. The van der Waals surface area contributed by atoms with Gasteiger partial charge in [-0.1, -0.05) is 0 Å². The Morgan fingerprint density at radius 2 is 2.08 bits per heavy atom. The zero-order chi connectivity index (χ0) is 18.4. The summed E-state index contributed by atoms with van der Waals surface area (Å²) < 4.78 is 18.0. The first-order valence-electron chi connectivity index (χ1n) is 7.15. The molecule has 0 fully saturated rings. The molecule has 0 aromatic heterocycles. The van der Waals surface area contributed by atoms with Crippen molar-refractivity contribution in [1.29, 1.82) is 0 Å². The largest absolute Gasteiger partial charge is 0.504 e. The highest BCUT2D eigenvalue weighted by Crippen LogP contribution is 2.33. The number of ether oxygens (including phenoxy) is 1. The van der Waals surface area contributed by atoms with Crippen molar-refractivity contribution in [3.63, 3.8) is 0 Å². The number of nitro benzene ring substituents is 1. The third-order valence-electron chi connectivity index (χ3n) is 3.08. The van der Waals surface area contributed by atoms with Crippen molar-refractivity contribution in [2.75, 3.05) is 6.61 Å². The van der Waals surface area contributed by atoms with Gasteiger partial charge in [0.15, 0.2) is 11.5 Å². The molecule has 25 heavy (non-hydrogen) atoms. The van der Waals surface area contributed by atoms with E-state index in [0.29, 0.717) is 0 Å². The Kier molecular flexibility index (Phi) is 5.62. The highest BCUT2D eigenvalue weighted by atomic mass is 19.1. The summed E-state index contributed by atoms with van der Waals surface area (Å²) in [5.41, 5.74) is 2.06. The van der Waals surface area contributed by atoms with E-state index in [2.05, 4.69) is 10.5 Å². The molecular formula is C16H14FN3O5. The number of aromatic hydroxyl groups is 1. The minimum Gasteiger partial charge on any atom is -0.504 e. The van der Waals surface area contributed by atoms with Crippen LogP contribution in [0.5, 0.6) is 11.5 Å². The van der Waals surface area contributed by atoms with Gasteiger partial charge in [0.25, 0.3) is 11.6 Å². The Hall–Kier alpha value is -3.49. The van der Waals surface area contributed by atoms with Crippen LogP contribution in [0.15, 0.2) is 41.5 Å². The van der Waals surface area contributed by atoms with E-state index in [1.165, 1.54) is 12.1 Å². The number of hydrogen-bond donors (Lipinski definition) is 2. The molecular weight excluding hydrogens is 333 g/mol. The number of nitrogens with zero attached hydrogens (tertiary/aromatic N) is 2. The number of nitro groups is 1. The lowest BCUT2D eigenvalue weighted by molar-refractivity contribution is -0.385. The third-order valence-corrected chi connectivity index (χ3v) is 3.08. The molecule has 0 radical (unpaired) electrons. The van der Waals surface area contributed by atoms with Crippen LogP contribution in [0.1, 0.15) is 22.8 Å². The van der Waals surface area contributed by atoms with E-state index in [-0.39, 0.29) is 34.9 Å².